The number of phenols is 1. The van der Waals surface area contributed by atoms with Gasteiger partial charge in [0.1, 0.15) is 5.75 Å². The Bertz CT molecular complexity index is 737. The SMILES string of the molecule is O=C(CCc1ccccc1Br)NNC(=O)c1cc(Cl)ccc1O. The van der Waals surface area contributed by atoms with Gasteiger partial charge in [0, 0.05) is 15.9 Å². The number of nitrogens with one attached hydrogen (secondary N) is 2. The fraction of sp³-hybridized carbons (Fsp3) is 0.125. The standard InChI is InChI=1S/C16H14BrClN2O3/c17-13-4-2-1-3-10(13)5-8-15(22)19-20-16(23)12-9-11(18)6-7-14(12)21/h1-4,6-7,9,21H,5,8H2,(H,19,22)(H,20,23). The monoisotopic (exact) mass is 396 g/mol. The van der Waals surface area contributed by atoms with Crippen molar-refractivity contribution in [1.82, 2.24) is 10.9 Å². The Balaban J connectivity index is 1.86. The summed E-state index contributed by atoms with van der Waals surface area (Å²) in [5.41, 5.74) is 5.55. The molecule has 2 amide bonds. The first-order chi connectivity index (χ1) is 11.0. The number of carbonyl (C=O) groups excluding carboxylic acids is 2. The summed E-state index contributed by atoms with van der Waals surface area (Å²) >= 11 is 9.19. The van der Waals surface area contributed by atoms with E-state index < -0.39 is 5.91 Å². The molecule has 0 aliphatic carbocycles. The van der Waals surface area contributed by atoms with Gasteiger partial charge in [0.25, 0.3) is 5.91 Å². The zero-order chi connectivity index (χ0) is 16.8. The zero-order valence-electron chi connectivity index (χ0n) is 12.0. The van der Waals surface area contributed by atoms with Crippen LogP contribution in [0.15, 0.2) is 46.9 Å². The number of benzene rings is 2. The number of aromatic hydroxyl groups is 1. The van der Waals surface area contributed by atoms with Gasteiger partial charge in [-0.15, -0.1) is 0 Å². The molecule has 0 fully saturated rings. The van der Waals surface area contributed by atoms with Gasteiger partial charge >= 0.3 is 0 Å². The molecule has 0 heterocycles. The second kappa shape index (κ2) is 7.99. The van der Waals surface area contributed by atoms with Crippen molar-refractivity contribution in [1.29, 1.82) is 0 Å². The predicted octanol–water partition coefficient (Wildman–Crippen LogP) is 3.20. The van der Waals surface area contributed by atoms with Crippen molar-refractivity contribution >= 4 is 39.3 Å². The fourth-order valence-corrected chi connectivity index (χ4v) is 2.55. The second-order valence-corrected chi connectivity index (χ2v) is 6.05. The van der Waals surface area contributed by atoms with E-state index in [4.69, 9.17) is 11.6 Å². The van der Waals surface area contributed by atoms with E-state index in [1.54, 1.807) is 0 Å². The molecule has 120 valence electrons. The molecule has 2 aromatic carbocycles. The van der Waals surface area contributed by atoms with Crippen LogP contribution in [0, 0.1) is 0 Å². The number of aryl methyl sites for hydroxylation is 1. The lowest BCUT2D eigenvalue weighted by atomic mass is 10.1. The number of rotatable bonds is 4. The third-order valence-electron chi connectivity index (χ3n) is 3.10. The molecule has 0 unspecified atom stereocenters. The number of hydrazine groups is 1. The van der Waals surface area contributed by atoms with Gasteiger partial charge < -0.3 is 5.11 Å². The van der Waals surface area contributed by atoms with E-state index in [-0.39, 0.29) is 23.6 Å². The topological polar surface area (TPSA) is 78.4 Å². The first kappa shape index (κ1) is 17.3. The van der Waals surface area contributed by atoms with Gasteiger partial charge in [0.2, 0.25) is 5.91 Å². The third-order valence-corrected chi connectivity index (χ3v) is 4.11. The first-order valence-electron chi connectivity index (χ1n) is 6.78. The van der Waals surface area contributed by atoms with Crippen molar-refractivity contribution in [2.45, 2.75) is 12.8 Å². The molecular formula is C16H14BrClN2O3. The van der Waals surface area contributed by atoms with E-state index >= 15 is 0 Å². The number of carbonyl (C=O) groups is 2. The maximum Gasteiger partial charge on any atom is 0.273 e. The average Bonchev–Trinajstić information content (AvgIpc) is 2.54. The summed E-state index contributed by atoms with van der Waals surface area (Å²) in [6, 6.07) is 11.7. The largest absolute Gasteiger partial charge is 0.507 e. The van der Waals surface area contributed by atoms with E-state index in [1.165, 1.54) is 18.2 Å². The highest BCUT2D eigenvalue weighted by Gasteiger charge is 2.12. The van der Waals surface area contributed by atoms with Crippen molar-refractivity contribution in [2.24, 2.45) is 0 Å². The molecule has 3 N–H and O–H groups in total. The minimum Gasteiger partial charge on any atom is -0.507 e. The zero-order valence-corrected chi connectivity index (χ0v) is 14.3. The maximum atomic E-state index is 11.9. The Hall–Kier alpha value is -2.05. The van der Waals surface area contributed by atoms with Gasteiger partial charge in [-0.3, -0.25) is 20.4 Å². The second-order valence-electron chi connectivity index (χ2n) is 4.76. The van der Waals surface area contributed by atoms with E-state index in [2.05, 4.69) is 26.8 Å². The highest BCUT2D eigenvalue weighted by atomic mass is 79.9. The molecule has 0 saturated carbocycles. The minimum atomic E-state index is -0.640. The number of halogens is 2. The van der Waals surface area contributed by atoms with Crippen LogP contribution >= 0.6 is 27.5 Å². The average molecular weight is 398 g/mol. The molecule has 0 atom stereocenters. The quantitative estimate of drug-likeness (QED) is 0.693. The van der Waals surface area contributed by atoms with Crippen LogP contribution in [0.3, 0.4) is 0 Å². The van der Waals surface area contributed by atoms with Crippen LogP contribution in [0.2, 0.25) is 5.02 Å². The summed E-state index contributed by atoms with van der Waals surface area (Å²) in [5, 5.41) is 9.93. The van der Waals surface area contributed by atoms with Gasteiger partial charge in [0.15, 0.2) is 0 Å². The van der Waals surface area contributed by atoms with Gasteiger partial charge in [-0.25, -0.2) is 0 Å². The molecular weight excluding hydrogens is 384 g/mol. The molecule has 0 aliphatic rings. The Kier molecular flexibility index (Phi) is 6.01. The lowest BCUT2D eigenvalue weighted by Gasteiger charge is -2.09. The highest BCUT2D eigenvalue weighted by molar-refractivity contribution is 9.10. The van der Waals surface area contributed by atoms with Gasteiger partial charge in [-0.1, -0.05) is 45.7 Å². The number of hydrogen-bond donors (Lipinski definition) is 3. The molecule has 0 bridgehead atoms. The highest BCUT2D eigenvalue weighted by Crippen LogP contribution is 2.21. The van der Waals surface area contributed by atoms with Crippen LogP contribution in [0.1, 0.15) is 22.3 Å². The lowest BCUT2D eigenvalue weighted by Crippen LogP contribution is -2.41. The van der Waals surface area contributed by atoms with Crippen LogP contribution in [0.5, 0.6) is 5.75 Å². The predicted molar refractivity (Wildman–Crippen MR) is 91.2 cm³/mol. The fourth-order valence-electron chi connectivity index (χ4n) is 1.90. The smallest absolute Gasteiger partial charge is 0.273 e. The van der Waals surface area contributed by atoms with E-state index in [9.17, 15) is 14.7 Å². The Morgan fingerprint density at radius 2 is 1.87 bits per heavy atom. The van der Waals surface area contributed by atoms with Gasteiger partial charge in [0.05, 0.1) is 5.56 Å². The van der Waals surface area contributed by atoms with Gasteiger partial charge in [-0.05, 0) is 36.2 Å². The van der Waals surface area contributed by atoms with Crippen LogP contribution < -0.4 is 10.9 Å². The van der Waals surface area contributed by atoms with Crippen LogP contribution in [0.4, 0.5) is 0 Å². The number of hydrogen-bond acceptors (Lipinski definition) is 3. The Labute approximate surface area is 146 Å². The summed E-state index contributed by atoms with van der Waals surface area (Å²) in [7, 11) is 0. The number of amides is 2. The Morgan fingerprint density at radius 3 is 2.61 bits per heavy atom. The van der Waals surface area contributed by atoms with Crippen molar-refractivity contribution in [3.05, 3.63) is 63.1 Å². The molecule has 0 spiro atoms. The normalized spacial score (nSPS) is 10.2. The molecule has 0 aromatic heterocycles. The molecule has 23 heavy (non-hydrogen) atoms. The van der Waals surface area contributed by atoms with Crippen LogP contribution in [-0.4, -0.2) is 16.9 Å². The molecule has 0 saturated heterocycles. The van der Waals surface area contributed by atoms with E-state index in [1.807, 2.05) is 24.3 Å². The molecule has 5 nitrogen and oxygen atoms in total. The van der Waals surface area contributed by atoms with E-state index in [0.29, 0.717) is 11.4 Å². The first-order valence-corrected chi connectivity index (χ1v) is 7.95. The number of phenolic OH excluding ortho intramolecular Hbond substituents is 1. The van der Waals surface area contributed by atoms with Crippen molar-refractivity contribution in [2.75, 3.05) is 0 Å². The molecule has 2 aromatic rings. The minimum absolute atomic E-state index is 0.0106. The van der Waals surface area contributed by atoms with Crippen LogP contribution in [-0.2, 0) is 11.2 Å². The Morgan fingerprint density at radius 1 is 1.13 bits per heavy atom. The van der Waals surface area contributed by atoms with Crippen molar-refractivity contribution in [3.63, 3.8) is 0 Å². The summed E-state index contributed by atoms with van der Waals surface area (Å²) in [4.78, 5) is 23.7. The maximum absolute atomic E-state index is 11.9. The summed E-state index contributed by atoms with van der Waals surface area (Å²) in [6.07, 6.45) is 0.746. The molecule has 0 radical (unpaired) electrons. The van der Waals surface area contributed by atoms with Crippen LogP contribution in [0.25, 0.3) is 0 Å². The molecule has 7 heteroatoms. The van der Waals surface area contributed by atoms with Gasteiger partial charge in [-0.2, -0.15) is 0 Å². The van der Waals surface area contributed by atoms with Crippen molar-refractivity contribution in [3.8, 4) is 5.75 Å². The summed E-state index contributed by atoms with van der Waals surface area (Å²) < 4.78 is 0.931. The van der Waals surface area contributed by atoms with E-state index in [0.717, 1.165) is 10.0 Å². The van der Waals surface area contributed by atoms with Crippen molar-refractivity contribution < 1.29 is 14.7 Å². The summed E-state index contributed by atoms with van der Waals surface area (Å²) in [5.74, 6) is -1.19. The lowest BCUT2D eigenvalue weighted by molar-refractivity contribution is -0.121. The molecule has 2 rings (SSSR count). The molecule has 0 aliphatic heterocycles. The summed E-state index contributed by atoms with van der Waals surface area (Å²) in [6.45, 7) is 0. The third kappa shape index (κ3) is 4.97.